The molecule has 0 spiro atoms. The SMILES string of the molecule is CC(Sc1nnc(-c2ccc[nH]2)o1)C(=O)N1CC(=O)Nc2ccccc21. The summed E-state index contributed by atoms with van der Waals surface area (Å²) in [6.45, 7) is 1.74. The Kier molecular flexibility index (Phi) is 4.21. The Hall–Kier alpha value is -3.07. The molecule has 0 aliphatic carbocycles. The highest BCUT2D eigenvalue weighted by molar-refractivity contribution is 8.00. The van der Waals surface area contributed by atoms with Gasteiger partial charge in [-0.1, -0.05) is 23.9 Å². The number of amides is 2. The zero-order valence-electron chi connectivity index (χ0n) is 13.8. The lowest BCUT2D eigenvalue weighted by Gasteiger charge is -2.30. The molecule has 1 unspecified atom stereocenters. The number of nitrogens with zero attached hydrogens (tertiary/aromatic N) is 3. The van der Waals surface area contributed by atoms with Crippen molar-refractivity contribution in [3.63, 3.8) is 0 Å². The molecule has 1 aliphatic heterocycles. The molecule has 132 valence electrons. The Morgan fingerprint density at radius 3 is 2.92 bits per heavy atom. The number of benzene rings is 1. The number of aromatic amines is 1. The predicted molar refractivity (Wildman–Crippen MR) is 96.8 cm³/mol. The van der Waals surface area contributed by atoms with E-state index in [1.807, 2.05) is 24.3 Å². The van der Waals surface area contributed by atoms with Crippen LogP contribution in [0.4, 0.5) is 11.4 Å². The number of thioether (sulfide) groups is 1. The van der Waals surface area contributed by atoms with Crippen molar-refractivity contribution in [1.29, 1.82) is 0 Å². The number of nitrogens with one attached hydrogen (secondary N) is 2. The number of carbonyl (C=O) groups excluding carboxylic acids is 2. The number of rotatable bonds is 4. The van der Waals surface area contributed by atoms with Crippen molar-refractivity contribution < 1.29 is 14.0 Å². The molecule has 0 fully saturated rings. The third kappa shape index (κ3) is 3.08. The summed E-state index contributed by atoms with van der Waals surface area (Å²) in [5.74, 6) is -0.0576. The molecule has 1 aromatic carbocycles. The fourth-order valence-electron chi connectivity index (χ4n) is 2.68. The minimum Gasteiger partial charge on any atom is -0.410 e. The van der Waals surface area contributed by atoms with E-state index in [0.717, 1.165) is 11.8 Å². The quantitative estimate of drug-likeness (QED) is 0.685. The summed E-state index contributed by atoms with van der Waals surface area (Å²) < 4.78 is 5.59. The molecule has 0 bridgehead atoms. The van der Waals surface area contributed by atoms with Crippen LogP contribution in [0.25, 0.3) is 11.6 Å². The van der Waals surface area contributed by atoms with Gasteiger partial charge in [-0.25, -0.2) is 0 Å². The second-order valence-electron chi connectivity index (χ2n) is 5.71. The molecular weight excluding hydrogens is 354 g/mol. The van der Waals surface area contributed by atoms with Crippen LogP contribution in [0.3, 0.4) is 0 Å². The standard InChI is InChI=1S/C17H15N5O3S/c1-10(26-17-21-20-15(25-17)12-6-4-8-18-12)16(24)22-9-14(23)19-11-5-2-3-7-13(11)22/h2-8,10,18H,9H2,1H3,(H,19,23). The zero-order valence-corrected chi connectivity index (χ0v) is 14.6. The van der Waals surface area contributed by atoms with Gasteiger partial charge in [-0.3, -0.25) is 14.5 Å². The molecule has 3 heterocycles. The lowest BCUT2D eigenvalue weighted by Crippen LogP contribution is -2.45. The molecule has 3 aromatic rings. The average molecular weight is 369 g/mol. The summed E-state index contributed by atoms with van der Waals surface area (Å²) in [5, 5.41) is 10.5. The molecule has 26 heavy (non-hydrogen) atoms. The topological polar surface area (TPSA) is 104 Å². The summed E-state index contributed by atoms with van der Waals surface area (Å²) in [5.41, 5.74) is 2.02. The first-order valence-corrected chi connectivity index (χ1v) is 8.84. The fourth-order valence-corrected chi connectivity index (χ4v) is 3.43. The van der Waals surface area contributed by atoms with Crippen molar-refractivity contribution in [3.05, 3.63) is 42.6 Å². The van der Waals surface area contributed by atoms with Gasteiger partial charge in [0.05, 0.1) is 16.6 Å². The Bertz CT molecular complexity index is 953. The Balaban J connectivity index is 1.51. The molecule has 2 N–H and O–H groups in total. The van der Waals surface area contributed by atoms with Gasteiger partial charge in [0.1, 0.15) is 12.2 Å². The first kappa shape index (κ1) is 16.4. The zero-order chi connectivity index (χ0) is 18.1. The van der Waals surface area contributed by atoms with Crippen LogP contribution < -0.4 is 10.2 Å². The highest BCUT2D eigenvalue weighted by Gasteiger charge is 2.31. The number of para-hydroxylation sites is 2. The van der Waals surface area contributed by atoms with Crippen LogP contribution in [0.5, 0.6) is 0 Å². The molecule has 0 saturated heterocycles. The molecule has 1 atom stereocenters. The maximum atomic E-state index is 12.9. The van der Waals surface area contributed by atoms with Crippen LogP contribution in [0.15, 0.2) is 52.2 Å². The minimum absolute atomic E-state index is 0.0156. The lowest BCUT2D eigenvalue weighted by molar-refractivity contribution is -0.121. The second-order valence-corrected chi connectivity index (χ2v) is 7.00. The van der Waals surface area contributed by atoms with Gasteiger partial charge in [-0.2, -0.15) is 0 Å². The van der Waals surface area contributed by atoms with Crippen molar-refractivity contribution >= 4 is 35.0 Å². The van der Waals surface area contributed by atoms with E-state index in [2.05, 4.69) is 20.5 Å². The summed E-state index contributed by atoms with van der Waals surface area (Å²) in [7, 11) is 0. The van der Waals surface area contributed by atoms with Crippen LogP contribution in [0.2, 0.25) is 0 Å². The van der Waals surface area contributed by atoms with Crippen LogP contribution in [-0.2, 0) is 9.59 Å². The Morgan fingerprint density at radius 2 is 2.12 bits per heavy atom. The highest BCUT2D eigenvalue weighted by Crippen LogP contribution is 2.32. The predicted octanol–water partition coefficient (Wildman–Crippen LogP) is 2.53. The molecule has 9 heteroatoms. The molecule has 2 aromatic heterocycles. The van der Waals surface area contributed by atoms with Crippen molar-refractivity contribution in [3.8, 4) is 11.6 Å². The summed E-state index contributed by atoms with van der Waals surface area (Å²) in [4.78, 5) is 29.2. The molecule has 0 saturated carbocycles. The van der Waals surface area contributed by atoms with Crippen molar-refractivity contribution in [1.82, 2.24) is 15.2 Å². The van der Waals surface area contributed by atoms with Crippen LogP contribution in [-0.4, -0.2) is 38.8 Å². The van der Waals surface area contributed by atoms with E-state index in [4.69, 9.17) is 4.42 Å². The number of anilines is 2. The van der Waals surface area contributed by atoms with Gasteiger partial charge in [-0.05, 0) is 31.2 Å². The number of hydrogen-bond acceptors (Lipinski definition) is 6. The van der Waals surface area contributed by atoms with Crippen molar-refractivity contribution in [2.45, 2.75) is 17.4 Å². The third-order valence-corrected chi connectivity index (χ3v) is 4.82. The van der Waals surface area contributed by atoms with Crippen LogP contribution in [0, 0.1) is 0 Å². The largest absolute Gasteiger partial charge is 0.410 e. The normalized spacial score (nSPS) is 14.7. The number of fused-ring (bicyclic) bond motifs is 1. The Morgan fingerprint density at radius 1 is 1.27 bits per heavy atom. The van der Waals surface area contributed by atoms with Gasteiger partial charge in [-0.15, -0.1) is 10.2 Å². The van der Waals surface area contributed by atoms with Gasteiger partial charge in [0, 0.05) is 6.20 Å². The van der Waals surface area contributed by atoms with Gasteiger partial charge in [0.15, 0.2) is 0 Å². The maximum absolute atomic E-state index is 12.9. The number of H-pyrrole nitrogens is 1. The van der Waals surface area contributed by atoms with Crippen molar-refractivity contribution in [2.75, 3.05) is 16.8 Å². The maximum Gasteiger partial charge on any atom is 0.277 e. The summed E-state index contributed by atoms with van der Waals surface area (Å²) in [6.07, 6.45) is 1.76. The van der Waals surface area contributed by atoms with Crippen LogP contribution >= 0.6 is 11.8 Å². The molecule has 1 aliphatic rings. The van der Waals surface area contributed by atoms with Gasteiger partial charge in [0.25, 0.3) is 11.1 Å². The minimum atomic E-state index is -0.495. The van der Waals surface area contributed by atoms with Crippen LogP contribution in [0.1, 0.15) is 6.92 Å². The summed E-state index contributed by atoms with van der Waals surface area (Å²) in [6, 6.07) is 10.9. The number of hydrogen-bond donors (Lipinski definition) is 2. The average Bonchev–Trinajstić information content (AvgIpc) is 3.31. The van der Waals surface area contributed by atoms with E-state index in [0.29, 0.717) is 28.2 Å². The van der Waals surface area contributed by atoms with E-state index in [1.165, 1.54) is 4.90 Å². The van der Waals surface area contributed by atoms with Gasteiger partial charge >= 0.3 is 0 Å². The number of aromatic nitrogens is 3. The smallest absolute Gasteiger partial charge is 0.277 e. The van der Waals surface area contributed by atoms with Gasteiger partial charge < -0.3 is 14.7 Å². The molecular formula is C17H15N5O3S. The second kappa shape index (κ2) is 6.68. The first-order valence-electron chi connectivity index (χ1n) is 7.96. The van der Waals surface area contributed by atoms with E-state index in [-0.39, 0.29) is 18.4 Å². The molecule has 2 amide bonds. The fraction of sp³-hybridized carbons (Fsp3) is 0.176. The van der Waals surface area contributed by atoms with E-state index < -0.39 is 5.25 Å². The van der Waals surface area contributed by atoms with Gasteiger partial charge in [0.2, 0.25) is 11.8 Å². The van der Waals surface area contributed by atoms with E-state index in [9.17, 15) is 9.59 Å². The highest BCUT2D eigenvalue weighted by atomic mass is 32.2. The Labute approximate surface area is 153 Å². The molecule has 8 nitrogen and oxygen atoms in total. The lowest BCUT2D eigenvalue weighted by atomic mass is 10.2. The summed E-state index contributed by atoms with van der Waals surface area (Å²) >= 11 is 1.16. The van der Waals surface area contributed by atoms with Crippen molar-refractivity contribution in [2.24, 2.45) is 0 Å². The van der Waals surface area contributed by atoms with E-state index >= 15 is 0 Å². The number of carbonyl (C=O) groups is 2. The third-order valence-electron chi connectivity index (χ3n) is 3.90. The van der Waals surface area contributed by atoms with E-state index in [1.54, 1.807) is 25.3 Å². The molecule has 4 rings (SSSR count). The molecule has 0 radical (unpaired) electrons. The first-order chi connectivity index (χ1) is 12.6. The monoisotopic (exact) mass is 369 g/mol.